The predicted octanol–water partition coefficient (Wildman–Crippen LogP) is 10.1. The molecule has 1 unspecified atom stereocenters. The minimum atomic E-state index is -2.24. The van der Waals surface area contributed by atoms with E-state index in [1.807, 2.05) is 43.4 Å². The zero-order valence-electron chi connectivity index (χ0n) is 30.7. The number of cyclic esters (lactones) is 1. The predicted molar refractivity (Wildman–Crippen MR) is 197 cm³/mol. The van der Waals surface area contributed by atoms with Crippen molar-refractivity contribution in [2.24, 2.45) is 5.92 Å². The lowest BCUT2D eigenvalue weighted by Gasteiger charge is -2.41. The average molecular weight is 668 g/mol. The van der Waals surface area contributed by atoms with Crippen LogP contribution in [0.5, 0.6) is 5.75 Å². The highest BCUT2D eigenvalue weighted by Gasteiger charge is 2.42. The van der Waals surface area contributed by atoms with Crippen molar-refractivity contribution in [2.45, 2.75) is 136 Å². The standard InChI is InChI=1S/C38H61NO5Si2/c1-13-14-15-16-26-34(40)39-27-20-24-31-28-33(44-46(11,12)38(6,7)8)29(2)21-17-18-22-30-23-19-25-32(35(30)36(41)42-31)43-45(9,10)37(3,4)5/h14-20,23,25-27,29,31,33H,13,21-22,24,28H2,1-12H3,(H,39,40)/b15-14-,18-17+,26-16-,27-20+/t29-,31-,33?/m0/s1. The van der Waals surface area contributed by atoms with Crippen LogP contribution in [0.25, 0.3) is 0 Å². The molecule has 0 aliphatic carbocycles. The number of carbonyl (C=O) groups excluding carboxylic acids is 2. The van der Waals surface area contributed by atoms with Crippen molar-refractivity contribution in [3.8, 4) is 5.75 Å². The van der Waals surface area contributed by atoms with E-state index in [0.29, 0.717) is 30.6 Å². The summed E-state index contributed by atoms with van der Waals surface area (Å²) in [6.07, 6.45) is 17.7. The Morgan fingerprint density at radius 3 is 2.30 bits per heavy atom. The molecule has 1 aromatic rings. The highest BCUT2D eigenvalue weighted by molar-refractivity contribution is 6.75. The maximum atomic E-state index is 14.2. The van der Waals surface area contributed by atoms with Gasteiger partial charge in [0, 0.05) is 25.1 Å². The lowest BCUT2D eigenvalue weighted by molar-refractivity contribution is -0.115. The molecule has 46 heavy (non-hydrogen) atoms. The molecule has 3 atom stereocenters. The molecule has 6 nitrogen and oxygen atoms in total. The Balaban J connectivity index is 2.50. The van der Waals surface area contributed by atoms with Crippen LogP contribution in [-0.2, 0) is 20.4 Å². The van der Waals surface area contributed by atoms with E-state index >= 15 is 0 Å². The van der Waals surface area contributed by atoms with Crippen molar-refractivity contribution in [2.75, 3.05) is 0 Å². The largest absolute Gasteiger partial charge is 0.543 e. The lowest BCUT2D eigenvalue weighted by Crippen LogP contribution is -2.46. The molecule has 0 bridgehead atoms. The Kier molecular flexibility index (Phi) is 14.5. The van der Waals surface area contributed by atoms with Crippen molar-refractivity contribution >= 4 is 28.5 Å². The van der Waals surface area contributed by atoms with E-state index in [0.717, 1.165) is 18.4 Å². The molecule has 1 aliphatic heterocycles. The summed E-state index contributed by atoms with van der Waals surface area (Å²) in [5.74, 6) is 0.217. The van der Waals surface area contributed by atoms with Crippen molar-refractivity contribution in [1.29, 1.82) is 0 Å². The summed E-state index contributed by atoms with van der Waals surface area (Å²) in [6.45, 7) is 26.5. The van der Waals surface area contributed by atoms with Gasteiger partial charge in [0.15, 0.2) is 8.32 Å². The quantitative estimate of drug-likeness (QED) is 0.0884. The van der Waals surface area contributed by atoms with Crippen molar-refractivity contribution < 1.29 is 23.2 Å². The summed E-state index contributed by atoms with van der Waals surface area (Å²) >= 11 is 0. The third kappa shape index (κ3) is 11.8. The van der Waals surface area contributed by atoms with Crippen molar-refractivity contribution in [1.82, 2.24) is 5.32 Å². The summed E-state index contributed by atoms with van der Waals surface area (Å²) in [4.78, 5) is 26.4. The van der Waals surface area contributed by atoms with Gasteiger partial charge in [0.2, 0.25) is 5.91 Å². The molecule has 1 N–H and O–H groups in total. The molecule has 1 heterocycles. The number of amides is 1. The summed E-state index contributed by atoms with van der Waals surface area (Å²) in [5.41, 5.74) is 1.39. The topological polar surface area (TPSA) is 73.9 Å². The molecule has 256 valence electrons. The SMILES string of the molecule is CC/C=C\C=C/C(=O)N/C=C/C[C@H]1CC(O[Si](C)(C)C(C)(C)C)[C@@H](C)C/C=C/Cc2cccc(O[Si](C)(C)C(C)(C)C)c2C(=O)O1. The van der Waals surface area contributed by atoms with Gasteiger partial charge in [-0.05, 0) is 73.1 Å². The molecule has 0 aromatic heterocycles. The van der Waals surface area contributed by atoms with Gasteiger partial charge in [-0.1, -0.05) is 104 Å². The van der Waals surface area contributed by atoms with E-state index in [4.69, 9.17) is 13.6 Å². The van der Waals surface area contributed by atoms with Gasteiger partial charge in [0.25, 0.3) is 8.32 Å². The van der Waals surface area contributed by atoms with E-state index in [2.05, 4.69) is 92.1 Å². The molecule has 0 saturated carbocycles. The Hall–Kier alpha value is -2.69. The smallest absolute Gasteiger partial charge is 0.342 e. The minimum Gasteiger partial charge on any atom is -0.543 e. The van der Waals surface area contributed by atoms with Gasteiger partial charge >= 0.3 is 5.97 Å². The van der Waals surface area contributed by atoms with Gasteiger partial charge in [-0.3, -0.25) is 4.79 Å². The first kappa shape index (κ1) is 39.5. The molecule has 2 rings (SSSR count). The fraction of sp³-hybridized carbons (Fsp3) is 0.579. The number of fused-ring (bicyclic) bond motifs is 1. The van der Waals surface area contributed by atoms with E-state index in [1.165, 1.54) is 6.08 Å². The number of benzene rings is 1. The van der Waals surface area contributed by atoms with Crippen LogP contribution in [0.2, 0.25) is 36.3 Å². The Labute approximate surface area is 282 Å². The molecule has 0 fully saturated rings. The fourth-order valence-electron chi connectivity index (χ4n) is 4.54. The second-order valence-electron chi connectivity index (χ2n) is 15.6. The van der Waals surface area contributed by atoms with Crippen LogP contribution < -0.4 is 9.74 Å². The monoisotopic (exact) mass is 667 g/mol. The second kappa shape index (κ2) is 16.9. The number of rotatable bonds is 10. The number of esters is 1. The maximum absolute atomic E-state index is 14.2. The first-order valence-corrected chi connectivity index (χ1v) is 22.7. The lowest BCUT2D eigenvalue weighted by atomic mass is 9.93. The summed E-state index contributed by atoms with van der Waals surface area (Å²) in [7, 11) is -4.36. The van der Waals surface area contributed by atoms with Gasteiger partial charge in [-0.25, -0.2) is 4.79 Å². The number of allylic oxidation sites excluding steroid dienone is 5. The molecule has 0 radical (unpaired) electrons. The normalized spacial score (nSPS) is 21.5. The highest BCUT2D eigenvalue weighted by Crippen LogP contribution is 2.41. The third-order valence-electron chi connectivity index (χ3n) is 9.63. The van der Waals surface area contributed by atoms with Crippen LogP contribution >= 0.6 is 0 Å². The number of nitrogens with one attached hydrogen (secondary N) is 1. The number of ether oxygens (including phenoxy) is 1. The summed E-state index contributed by atoms with van der Waals surface area (Å²) in [6, 6.07) is 5.86. The van der Waals surface area contributed by atoms with Gasteiger partial charge in [-0.15, -0.1) is 0 Å². The molecule has 1 aliphatic rings. The molecule has 0 spiro atoms. The minimum absolute atomic E-state index is 0.0331. The van der Waals surface area contributed by atoms with Gasteiger partial charge in [-0.2, -0.15) is 0 Å². The molecule has 8 heteroatoms. The van der Waals surface area contributed by atoms with E-state index in [9.17, 15) is 9.59 Å². The Bertz CT molecular complexity index is 1280. The van der Waals surface area contributed by atoms with Gasteiger partial charge in [0.1, 0.15) is 17.4 Å². The Morgan fingerprint density at radius 1 is 1.00 bits per heavy atom. The van der Waals surface area contributed by atoms with E-state index in [1.54, 1.807) is 12.3 Å². The van der Waals surface area contributed by atoms with E-state index in [-0.39, 0.29) is 34.0 Å². The second-order valence-corrected chi connectivity index (χ2v) is 25.0. The van der Waals surface area contributed by atoms with Crippen LogP contribution in [0.1, 0.15) is 97.0 Å². The number of hydrogen-bond donors (Lipinski definition) is 1. The highest BCUT2D eigenvalue weighted by atomic mass is 28.4. The third-order valence-corrected chi connectivity index (χ3v) is 18.5. The maximum Gasteiger partial charge on any atom is 0.342 e. The zero-order valence-corrected chi connectivity index (χ0v) is 32.7. The number of hydrogen-bond acceptors (Lipinski definition) is 5. The van der Waals surface area contributed by atoms with Gasteiger partial charge in [0.05, 0.1) is 6.10 Å². The van der Waals surface area contributed by atoms with Crippen LogP contribution in [0.4, 0.5) is 0 Å². The molecule has 1 aromatic carbocycles. The van der Waals surface area contributed by atoms with E-state index < -0.39 is 22.7 Å². The zero-order chi connectivity index (χ0) is 34.8. The molecule has 0 saturated heterocycles. The van der Waals surface area contributed by atoms with Crippen LogP contribution in [0.3, 0.4) is 0 Å². The first-order valence-electron chi connectivity index (χ1n) is 16.9. The van der Waals surface area contributed by atoms with Crippen molar-refractivity contribution in [3.05, 3.63) is 78.1 Å². The van der Waals surface area contributed by atoms with Crippen molar-refractivity contribution in [3.63, 3.8) is 0 Å². The molecular formula is C38H61NO5Si2. The number of carbonyl (C=O) groups is 2. The summed E-state index contributed by atoms with van der Waals surface area (Å²) < 4.78 is 20.1. The Morgan fingerprint density at radius 2 is 1.67 bits per heavy atom. The van der Waals surface area contributed by atoms with Crippen LogP contribution in [0.15, 0.2) is 66.9 Å². The first-order chi connectivity index (χ1) is 21.3. The molecule has 1 amide bonds. The average Bonchev–Trinajstić information content (AvgIpc) is 2.93. The van der Waals surface area contributed by atoms with Gasteiger partial charge < -0.3 is 18.9 Å². The summed E-state index contributed by atoms with van der Waals surface area (Å²) in [5, 5.41) is 2.80. The van der Waals surface area contributed by atoms with Crippen LogP contribution in [-0.4, -0.2) is 40.7 Å². The fourth-order valence-corrected chi connectivity index (χ4v) is 7.01. The van der Waals surface area contributed by atoms with Crippen LogP contribution in [0, 0.1) is 5.92 Å². The molecular weight excluding hydrogens is 607 g/mol.